The lowest BCUT2D eigenvalue weighted by atomic mass is 9.98. The van der Waals surface area contributed by atoms with Gasteiger partial charge >= 0.3 is 0 Å². The lowest BCUT2D eigenvalue weighted by Crippen LogP contribution is -2.37. The average molecular weight is 384 g/mol. The average Bonchev–Trinajstić information content (AvgIpc) is 3.27. The van der Waals surface area contributed by atoms with Crippen LogP contribution in [-0.4, -0.2) is 29.8 Å². The second kappa shape index (κ2) is 7.34. The molecule has 0 aliphatic carbocycles. The normalized spacial score (nSPS) is 22.2. The van der Waals surface area contributed by atoms with Crippen molar-refractivity contribution in [2.24, 2.45) is 5.92 Å². The number of anilines is 1. The molecule has 4 rings (SSSR count). The third-order valence-electron chi connectivity index (χ3n) is 5.72. The van der Waals surface area contributed by atoms with Crippen molar-refractivity contribution in [1.29, 1.82) is 0 Å². The summed E-state index contributed by atoms with van der Waals surface area (Å²) in [5.74, 6) is -2.31. The molecular weight excluding hydrogens is 362 g/mol. The molecule has 0 spiro atoms. The molecule has 2 aliphatic heterocycles. The summed E-state index contributed by atoms with van der Waals surface area (Å²) in [5, 5.41) is 0. The van der Waals surface area contributed by atoms with E-state index in [0.717, 1.165) is 42.2 Å². The van der Waals surface area contributed by atoms with Gasteiger partial charge in [0.25, 0.3) is 0 Å². The first kappa shape index (κ1) is 18.6. The van der Waals surface area contributed by atoms with Gasteiger partial charge in [-0.05, 0) is 43.0 Å². The van der Waals surface area contributed by atoms with Crippen molar-refractivity contribution in [2.45, 2.75) is 32.2 Å². The van der Waals surface area contributed by atoms with Crippen LogP contribution in [0.5, 0.6) is 0 Å². The van der Waals surface area contributed by atoms with E-state index in [9.17, 15) is 18.4 Å². The fraction of sp³-hybridized carbons (Fsp3) is 0.364. The summed E-state index contributed by atoms with van der Waals surface area (Å²) < 4.78 is 27.1. The summed E-state index contributed by atoms with van der Waals surface area (Å²) in [4.78, 5) is 28.8. The number of rotatable bonds is 3. The number of carbonyl (C=O) groups excluding carboxylic acids is 2. The highest BCUT2D eigenvalue weighted by molar-refractivity contribution is 6.00. The minimum Gasteiger partial charge on any atom is -0.335 e. The molecule has 2 saturated heterocycles. The molecule has 28 heavy (non-hydrogen) atoms. The first-order chi connectivity index (χ1) is 13.4. The number of hydrogen-bond acceptors (Lipinski definition) is 2. The number of carbonyl (C=O) groups is 2. The van der Waals surface area contributed by atoms with Crippen LogP contribution in [0.2, 0.25) is 0 Å². The third kappa shape index (κ3) is 3.39. The Labute approximate surface area is 162 Å². The SMILES string of the molecule is Cc1ccccc1[C@@H]1CCCN1C(=O)[C@H]1CC(=O)N(c2cc(F)cc(F)c2)C1. The molecule has 146 valence electrons. The van der Waals surface area contributed by atoms with Gasteiger partial charge in [0.05, 0.1) is 12.0 Å². The zero-order valence-electron chi connectivity index (χ0n) is 15.7. The first-order valence-electron chi connectivity index (χ1n) is 9.56. The van der Waals surface area contributed by atoms with Gasteiger partial charge in [-0.3, -0.25) is 9.59 Å². The molecule has 2 fully saturated rings. The Morgan fingerprint density at radius 1 is 1.11 bits per heavy atom. The number of aryl methyl sites for hydroxylation is 1. The first-order valence-corrected chi connectivity index (χ1v) is 9.56. The van der Waals surface area contributed by atoms with Gasteiger partial charge in [0.15, 0.2) is 0 Å². The molecule has 2 aliphatic rings. The summed E-state index contributed by atoms with van der Waals surface area (Å²) in [5.41, 5.74) is 2.45. The Morgan fingerprint density at radius 2 is 1.82 bits per heavy atom. The third-order valence-corrected chi connectivity index (χ3v) is 5.72. The molecule has 0 radical (unpaired) electrons. The molecule has 6 heteroatoms. The van der Waals surface area contributed by atoms with Crippen molar-refractivity contribution >= 4 is 17.5 Å². The molecule has 0 aromatic heterocycles. The Bertz CT molecular complexity index is 910. The number of hydrogen-bond donors (Lipinski definition) is 0. The van der Waals surface area contributed by atoms with E-state index in [1.165, 1.54) is 4.90 Å². The number of benzene rings is 2. The van der Waals surface area contributed by atoms with Crippen LogP contribution in [0.1, 0.15) is 36.4 Å². The number of nitrogens with zero attached hydrogens (tertiary/aromatic N) is 2. The van der Waals surface area contributed by atoms with Gasteiger partial charge in [0.2, 0.25) is 11.8 Å². The predicted molar refractivity (Wildman–Crippen MR) is 102 cm³/mol. The van der Waals surface area contributed by atoms with Crippen molar-refractivity contribution in [3.05, 3.63) is 65.2 Å². The van der Waals surface area contributed by atoms with E-state index in [4.69, 9.17) is 0 Å². The molecular formula is C22H22F2N2O2. The quantitative estimate of drug-likeness (QED) is 0.803. The minimum atomic E-state index is -0.739. The summed E-state index contributed by atoms with van der Waals surface area (Å²) in [6.07, 6.45) is 1.88. The van der Waals surface area contributed by atoms with Crippen molar-refractivity contribution in [1.82, 2.24) is 4.90 Å². The summed E-state index contributed by atoms with van der Waals surface area (Å²) in [6, 6.07) is 11.1. The lowest BCUT2D eigenvalue weighted by Gasteiger charge is -2.28. The number of halogens is 2. The number of amides is 2. The maximum absolute atomic E-state index is 13.5. The summed E-state index contributed by atoms with van der Waals surface area (Å²) in [6.45, 7) is 2.85. The molecule has 2 aromatic carbocycles. The van der Waals surface area contributed by atoms with Crippen LogP contribution in [0.25, 0.3) is 0 Å². The highest BCUT2D eigenvalue weighted by atomic mass is 19.1. The molecule has 2 heterocycles. The summed E-state index contributed by atoms with van der Waals surface area (Å²) >= 11 is 0. The molecule has 2 atom stereocenters. The monoisotopic (exact) mass is 384 g/mol. The molecule has 2 amide bonds. The van der Waals surface area contributed by atoms with E-state index >= 15 is 0 Å². The zero-order valence-corrected chi connectivity index (χ0v) is 15.7. The summed E-state index contributed by atoms with van der Waals surface area (Å²) in [7, 11) is 0. The van der Waals surface area contributed by atoms with Crippen LogP contribution in [0.3, 0.4) is 0 Å². The second-order valence-corrected chi connectivity index (χ2v) is 7.58. The van der Waals surface area contributed by atoms with Gasteiger partial charge in [0, 0.05) is 31.3 Å². The Hall–Kier alpha value is -2.76. The van der Waals surface area contributed by atoms with Gasteiger partial charge in [0.1, 0.15) is 11.6 Å². The Kier molecular flexibility index (Phi) is 4.87. The minimum absolute atomic E-state index is 0.0180. The van der Waals surface area contributed by atoms with E-state index in [1.807, 2.05) is 36.1 Å². The molecule has 0 unspecified atom stereocenters. The van der Waals surface area contributed by atoms with Crippen molar-refractivity contribution in [3.8, 4) is 0 Å². The molecule has 0 bridgehead atoms. The van der Waals surface area contributed by atoms with Crippen molar-refractivity contribution in [3.63, 3.8) is 0 Å². The second-order valence-electron chi connectivity index (χ2n) is 7.58. The highest BCUT2D eigenvalue weighted by Crippen LogP contribution is 2.36. The van der Waals surface area contributed by atoms with Crippen LogP contribution in [0.15, 0.2) is 42.5 Å². The molecule has 2 aromatic rings. The van der Waals surface area contributed by atoms with E-state index in [0.29, 0.717) is 6.54 Å². The van der Waals surface area contributed by atoms with Gasteiger partial charge < -0.3 is 9.80 Å². The Balaban J connectivity index is 1.54. The standard InChI is InChI=1S/C22H22F2N2O2/c1-14-5-2-3-6-19(14)20-7-4-8-25(20)22(28)15-9-21(27)26(13-15)18-11-16(23)10-17(24)12-18/h2-3,5-6,10-12,15,20H,4,7-9,13H2,1H3/t15-,20-/m0/s1. The van der Waals surface area contributed by atoms with Gasteiger partial charge in [-0.1, -0.05) is 24.3 Å². The predicted octanol–water partition coefficient (Wildman–Crippen LogP) is 3.99. The van der Waals surface area contributed by atoms with Crippen LogP contribution in [0.4, 0.5) is 14.5 Å². The van der Waals surface area contributed by atoms with E-state index < -0.39 is 17.6 Å². The van der Waals surface area contributed by atoms with E-state index in [2.05, 4.69) is 0 Å². The maximum atomic E-state index is 13.5. The molecule has 0 N–H and O–H groups in total. The Morgan fingerprint density at radius 3 is 2.54 bits per heavy atom. The largest absolute Gasteiger partial charge is 0.335 e. The fourth-order valence-corrected chi connectivity index (χ4v) is 4.37. The van der Waals surface area contributed by atoms with Crippen LogP contribution in [-0.2, 0) is 9.59 Å². The topological polar surface area (TPSA) is 40.6 Å². The number of likely N-dealkylation sites (tertiary alicyclic amines) is 1. The van der Waals surface area contributed by atoms with Crippen molar-refractivity contribution < 1.29 is 18.4 Å². The van der Waals surface area contributed by atoms with Crippen LogP contribution < -0.4 is 4.90 Å². The van der Waals surface area contributed by atoms with Crippen LogP contribution >= 0.6 is 0 Å². The fourth-order valence-electron chi connectivity index (χ4n) is 4.37. The lowest BCUT2D eigenvalue weighted by molar-refractivity contribution is -0.136. The van der Waals surface area contributed by atoms with Crippen molar-refractivity contribution in [2.75, 3.05) is 18.0 Å². The van der Waals surface area contributed by atoms with Gasteiger partial charge in [-0.15, -0.1) is 0 Å². The van der Waals surface area contributed by atoms with Gasteiger partial charge in [-0.25, -0.2) is 8.78 Å². The van der Waals surface area contributed by atoms with Crippen LogP contribution in [0, 0.1) is 24.5 Å². The maximum Gasteiger partial charge on any atom is 0.228 e. The zero-order chi connectivity index (χ0) is 19.8. The van der Waals surface area contributed by atoms with E-state index in [1.54, 1.807) is 0 Å². The molecule has 4 nitrogen and oxygen atoms in total. The highest BCUT2D eigenvalue weighted by Gasteiger charge is 2.41. The van der Waals surface area contributed by atoms with Gasteiger partial charge in [-0.2, -0.15) is 0 Å². The van der Waals surface area contributed by atoms with E-state index in [-0.39, 0.29) is 36.5 Å². The smallest absolute Gasteiger partial charge is 0.228 e. The molecule has 0 saturated carbocycles.